The number of nitrogens with zero attached hydrogens (tertiary/aromatic N) is 5. The first-order valence-electron chi connectivity index (χ1n) is 11.5. The van der Waals surface area contributed by atoms with E-state index in [-0.39, 0.29) is 18.3 Å². The zero-order chi connectivity index (χ0) is 24.2. The average Bonchev–Trinajstić information content (AvgIpc) is 3.21. The third-order valence-corrected chi connectivity index (χ3v) is 5.95. The van der Waals surface area contributed by atoms with Crippen molar-refractivity contribution in [2.24, 2.45) is 0 Å². The summed E-state index contributed by atoms with van der Waals surface area (Å²) in [7, 11) is 3.11. The first kappa shape index (κ1) is 25.2. The highest BCUT2D eigenvalue weighted by atomic mass is 35.5. The van der Waals surface area contributed by atoms with Crippen LogP contribution >= 0.6 is 12.4 Å². The number of rotatable bonds is 6. The molecule has 4 aromatic rings. The van der Waals surface area contributed by atoms with Gasteiger partial charge in [-0.15, -0.1) is 12.4 Å². The molecule has 1 aromatic carbocycles. The number of halogens is 1. The minimum atomic E-state index is 0. The fraction of sp³-hybridized carbons (Fsp3) is 0.280. The fourth-order valence-corrected chi connectivity index (χ4v) is 4.18. The highest BCUT2D eigenvalue weighted by Gasteiger charge is 2.18. The Balaban J connectivity index is 0.00000304. The smallest absolute Gasteiger partial charge is 0.258 e. The summed E-state index contributed by atoms with van der Waals surface area (Å²) in [6.45, 7) is 3.22. The maximum Gasteiger partial charge on any atom is 0.258 e. The van der Waals surface area contributed by atoms with Crippen molar-refractivity contribution in [1.82, 2.24) is 29.8 Å². The van der Waals surface area contributed by atoms with Crippen LogP contribution in [0.25, 0.3) is 16.8 Å². The molecule has 0 radical (unpaired) electrons. The molecule has 188 valence electrons. The Morgan fingerprint density at radius 1 is 1.06 bits per heavy atom. The molecule has 1 aliphatic heterocycles. The van der Waals surface area contributed by atoms with Gasteiger partial charge >= 0.3 is 0 Å². The lowest BCUT2D eigenvalue weighted by atomic mass is 10.0. The standard InChI is InChI=1S/C25H27N7O3.ClH/c1-34-21-7-8-22(30-24(21)35-2)29-20-14-19(15-32-23(20)27-16-28-32)17-5-3-6-18(13-17)25(33)31-11-4-9-26-10-12-31;/h3,5-8,13-16,26H,4,9-12H2,1-2H3,(H,29,30);1H. The van der Waals surface area contributed by atoms with E-state index in [0.29, 0.717) is 35.2 Å². The topological polar surface area (TPSA) is 106 Å². The number of carbonyl (C=O) groups excluding carboxylic acids is 1. The first-order chi connectivity index (χ1) is 17.2. The number of pyridine rings is 2. The summed E-state index contributed by atoms with van der Waals surface area (Å²) < 4.78 is 12.3. The van der Waals surface area contributed by atoms with Gasteiger partial charge in [-0.1, -0.05) is 12.1 Å². The number of fused-ring (bicyclic) bond motifs is 1. The number of hydrogen-bond donors (Lipinski definition) is 2. The maximum atomic E-state index is 13.2. The molecule has 1 amide bonds. The van der Waals surface area contributed by atoms with E-state index in [1.54, 1.807) is 30.9 Å². The molecule has 1 aliphatic rings. The molecule has 0 saturated carbocycles. The Morgan fingerprint density at radius 2 is 1.94 bits per heavy atom. The van der Waals surface area contributed by atoms with Crippen LogP contribution in [-0.4, -0.2) is 70.8 Å². The number of anilines is 2. The Hall–Kier alpha value is -3.89. The third-order valence-electron chi connectivity index (χ3n) is 5.95. The molecule has 4 heterocycles. The van der Waals surface area contributed by atoms with Crippen LogP contribution in [0.15, 0.2) is 55.0 Å². The number of benzene rings is 1. The highest BCUT2D eigenvalue weighted by molar-refractivity contribution is 5.95. The van der Waals surface area contributed by atoms with Crippen LogP contribution < -0.4 is 20.1 Å². The minimum Gasteiger partial charge on any atom is -0.491 e. The Kier molecular flexibility index (Phi) is 7.87. The summed E-state index contributed by atoms with van der Waals surface area (Å²) in [5.74, 6) is 1.54. The van der Waals surface area contributed by atoms with Gasteiger partial charge in [0.1, 0.15) is 12.1 Å². The SMILES string of the molecule is COc1ccc(Nc2cc(-c3cccc(C(=O)N4CCCNCC4)c3)cn3ncnc23)nc1OC.Cl. The molecule has 3 aromatic heterocycles. The number of nitrogens with one attached hydrogen (secondary N) is 2. The Bertz CT molecular complexity index is 1350. The fourth-order valence-electron chi connectivity index (χ4n) is 4.18. The van der Waals surface area contributed by atoms with E-state index in [2.05, 4.69) is 25.7 Å². The van der Waals surface area contributed by atoms with E-state index >= 15 is 0 Å². The summed E-state index contributed by atoms with van der Waals surface area (Å²) in [6.07, 6.45) is 4.35. The van der Waals surface area contributed by atoms with E-state index in [4.69, 9.17) is 9.47 Å². The van der Waals surface area contributed by atoms with Crippen molar-refractivity contribution >= 4 is 35.5 Å². The molecule has 0 atom stereocenters. The van der Waals surface area contributed by atoms with Crippen LogP contribution in [0.2, 0.25) is 0 Å². The first-order valence-corrected chi connectivity index (χ1v) is 11.5. The lowest BCUT2D eigenvalue weighted by Crippen LogP contribution is -2.34. The van der Waals surface area contributed by atoms with Crippen molar-refractivity contribution < 1.29 is 14.3 Å². The predicted molar refractivity (Wildman–Crippen MR) is 140 cm³/mol. The third kappa shape index (κ3) is 5.19. The van der Waals surface area contributed by atoms with Crippen molar-refractivity contribution in [2.45, 2.75) is 6.42 Å². The van der Waals surface area contributed by atoms with Gasteiger partial charge in [0.25, 0.3) is 11.8 Å². The lowest BCUT2D eigenvalue weighted by Gasteiger charge is -2.20. The van der Waals surface area contributed by atoms with Crippen LogP contribution in [0.3, 0.4) is 0 Å². The molecular weight excluding hydrogens is 482 g/mol. The number of amides is 1. The lowest BCUT2D eigenvalue weighted by molar-refractivity contribution is 0.0766. The zero-order valence-electron chi connectivity index (χ0n) is 20.1. The van der Waals surface area contributed by atoms with Gasteiger partial charge in [0.15, 0.2) is 11.4 Å². The Labute approximate surface area is 215 Å². The largest absolute Gasteiger partial charge is 0.491 e. The van der Waals surface area contributed by atoms with Crippen LogP contribution in [0.4, 0.5) is 11.5 Å². The molecular formula is C25H28ClN7O3. The number of carbonyl (C=O) groups is 1. The zero-order valence-corrected chi connectivity index (χ0v) is 20.9. The van der Waals surface area contributed by atoms with Gasteiger partial charge < -0.3 is 25.0 Å². The van der Waals surface area contributed by atoms with Gasteiger partial charge in [-0.2, -0.15) is 10.1 Å². The number of methoxy groups -OCH3 is 2. The van der Waals surface area contributed by atoms with Gasteiger partial charge in [-0.25, -0.2) is 9.50 Å². The molecule has 1 fully saturated rings. The quantitative estimate of drug-likeness (QED) is 0.407. The molecule has 0 unspecified atom stereocenters. The molecule has 10 nitrogen and oxygen atoms in total. The van der Waals surface area contributed by atoms with E-state index in [1.165, 1.54) is 6.33 Å². The number of aromatic nitrogens is 4. The maximum absolute atomic E-state index is 13.2. The van der Waals surface area contributed by atoms with E-state index in [0.717, 1.165) is 42.9 Å². The molecule has 0 aliphatic carbocycles. The molecule has 36 heavy (non-hydrogen) atoms. The highest BCUT2D eigenvalue weighted by Crippen LogP contribution is 2.31. The molecule has 1 saturated heterocycles. The average molecular weight is 510 g/mol. The second-order valence-electron chi connectivity index (χ2n) is 8.18. The molecule has 0 spiro atoms. The van der Waals surface area contributed by atoms with Gasteiger partial charge in [-0.3, -0.25) is 4.79 Å². The number of ether oxygens (including phenoxy) is 2. The predicted octanol–water partition coefficient (Wildman–Crippen LogP) is 3.41. The van der Waals surface area contributed by atoms with Crippen LogP contribution in [0.5, 0.6) is 11.6 Å². The van der Waals surface area contributed by atoms with Crippen molar-refractivity contribution in [3.05, 3.63) is 60.6 Å². The van der Waals surface area contributed by atoms with E-state index in [1.807, 2.05) is 41.4 Å². The summed E-state index contributed by atoms with van der Waals surface area (Å²) in [4.78, 5) is 23.9. The van der Waals surface area contributed by atoms with Crippen molar-refractivity contribution in [3.63, 3.8) is 0 Å². The van der Waals surface area contributed by atoms with Crippen LogP contribution in [0.1, 0.15) is 16.8 Å². The van der Waals surface area contributed by atoms with Gasteiger partial charge in [0, 0.05) is 37.0 Å². The number of hydrogen-bond acceptors (Lipinski definition) is 8. The minimum absolute atomic E-state index is 0. The van der Waals surface area contributed by atoms with Gasteiger partial charge in [0.2, 0.25) is 0 Å². The van der Waals surface area contributed by atoms with Gasteiger partial charge in [-0.05, 0) is 48.9 Å². The summed E-state index contributed by atoms with van der Waals surface area (Å²) in [5.41, 5.74) is 3.83. The summed E-state index contributed by atoms with van der Waals surface area (Å²) in [5, 5.41) is 11.0. The molecule has 5 rings (SSSR count). The molecule has 2 N–H and O–H groups in total. The molecule has 0 bridgehead atoms. The van der Waals surface area contributed by atoms with Crippen molar-refractivity contribution in [1.29, 1.82) is 0 Å². The van der Waals surface area contributed by atoms with Crippen LogP contribution in [-0.2, 0) is 0 Å². The van der Waals surface area contributed by atoms with E-state index in [9.17, 15) is 4.79 Å². The summed E-state index contributed by atoms with van der Waals surface area (Å²) in [6, 6.07) is 13.2. The van der Waals surface area contributed by atoms with Crippen molar-refractivity contribution in [3.8, 4) is 22.8 Å². The second kappa shape index (κ2) is 11.2. The second-order valence-corrected chi connectivity index (χ2v) is 8.18. The summed E-state index contributed by atoms with van der Waals surface area (Å²) >= 11 is 0. The van der Waals surface area contributed by atoms with E-state index < -0.39 is 0 Å². The molecule has 11 heteroatoms. The normalized spacial score (nSPS) is 13.6. The Morgan fingerprint density at radius 3 is 2.78 bits per heavy atom. The monoisotopic (exact) mass is 509 g/mol. The van der Waals surface area contributed by atoms with Crippen LogP contribution in [0, 0.1) is 0 Å². The van der Waals surface area contributed by atoms with Gasteiger partial charge in [0.05, 0.1) is 19.9 Å². The van der Waals surface area contributed by atoms with Crippen molar-refractivity contribution in [2.75, 3.05) is 45.7 Å².